The van der Waals surface area contributed by atoms with Gasteiger partial charge in [0.1, 0.15) is 4.90 Å². The van der Waals surface area contributed by atoms with Crippen LogP contribution in [0.2, 0.25) is 0 Å². The maximum absolute atomic E-state index is 12.3. The molecule has 0 aromatic carbocycles. The number of thioether (sulfide) groups is 1. The van der Waals surface area contributed by atoms with E-state index >= 15 is 0 Å². The predicted octanol–water partition coefficient (Wildman–Crippen LogP) is 2.26. The lowest BCUT2D eigenvalue weighted by atomic mass is 9.95. The van der Waals surface area contributed by atoms with Crippen LogP contribution in [0.15, 0.2) is 28.3 Å². The monoisotopic (exact) mass is 371 g/mol. The van der Waals surface area contributed by atoms with E-state index < -0.39 is 10.0 Å². The Balaban J connectivity index is 1.94. The molecule has 8 heteroatoms. The molecule has 0 aliphatic heterocycles. The second-order valence-corrected chi connectivity index (χ2v) is 9.74. The highest BCUT2D eigenvalue weighted by atomic mass is 32.2. The summed E-state index contributed by atoms with van der Waals surface area (Å²) in [6.07, 6.45) is 7.05. The van der Waals surface area contributed by atoms with Crippen molar-refractivity contribution < 1.29 is 13.2 Å². The van der Waals surface area contributed by atoms with E-state index in [0.717, 1.165) is 17.1 Å². The lowest BCUT2D eigenvalue weighted by Crippen LogP contribution is -2.40. The zero-order valence-electron chi connectivity index (χ0n) is 14.4. The molecule has 24 heavy (non-hydrogen) atoms. The van der Waals surface area contributed by atoms with Crippen molar-refractivity contribution in [3.63, 3.8) is 0 Å². The molecule has 0 bridgehead atoms. The number of hydrogen-bond acceptors (Lipinski definition) is 5. The molecular weight excluding hydrogens is 346 g/mol. The van der Waals surface area contributed by atoms with Gasteiger partial charge in [-0.15, -0.1) is 0 Å². The summed E-state index contributed by atoms with van der Waals surface area (Å²) in [5.74, 6) is 0.0127. The van der Waals surface area contributed by atoms with Crippen LogP contribution in [0.5, 0.6) is 0 Å². The van der Waals surface area contributed by atoms with Crippen molar-refractivity contribution in [2.75, 3.05) is 14.1 Å². The van der Waals surface area contributed by atoms with Crippen molar-refractivity contribution in [2.45, 2.75) is 60.2 Å². The molecule has 0 spiro atoms. The van der Waals surface area contributed by atoms with Crippen LogP contribution in [0.25, 0.3) is 0 Å². The summed E-state index contributed by atoms with van der Waals surface area (Å²) >= 11 is 1.34. The topological polar surface area (TPSA) is 79.4 Å². The molecule has 0 radical (unpaired) electrons. The van der Waals surface area contributed by atoms with E-state index in [1.54, 1.807) is 6.07 Å². The Morgan fingerprint density at radius 2 is 1.96 bits per heavy atom. The number of aromatic nitrogens is 1. The molecule has 0 unspecified atom stereocenters. The smallest absolute Gasteiger partial charge is 0.244 e. The number of pyridine rings is 1. The second-order valence-electron chi connectivity index (χ2n) is 6.22. The molecule has 1 saturated carbocycles. The van der Waals surface area contributed by atoms with E-state index in [9.17, 15) is 13.2 Å². The van der Waals surface area contributed by atoms with E-state index in [2.05, 4.69) is 10.3 Å². The Labute approximate surface area is 148 Å². The Hall–Kier alpha value is -1.12. The number of amides is 1. The minimum Gasteiger partial charge on any atom is -0.352 e. The molecule has 1 fully saturated rings. The highest BCUT2D eigenvalue weighted by Gasteiger charge is 2.21. The van der Waals surface area contributed by atoms with Crippen LogP contribution >= 0.6 is 11.8 Å². The summed E-state index contributed by atoms with van der Waals surface area (Å²) in [6.45, 7) is 1.84. The highest BCUT2D eigenvalue weighted by Crippen LogP contribution is 2.24. The average molecular weight is 372 g/mol. The van der Waals surface area contributed by atoms with Crippen molar-refractivity contribution >= 4 is 27.7 Å². The van der Waals surface area contributed by atoms with Gasteiger partial charge in [0.15, 0.2) is 0 Å². The zero-order valence-corrected chi connectivity index (χ0v) is 16.0. The first-order valence-corrected chi connectivity index (χ1v) is 10.5. The molecule has 1 amide bonds. The van der Waals surface area contributed by atoms with Gasteiger partial charge in [0.05, 0.1) is 10.3 Å². The van der Waals surface area contributed by atoms with Crippen LogP contribution in [-0.4, -0.2) is 49.0 Å². The quantitative estimate of drug-likeness (QED) is 0.776. The van der Waals surface area contributed by atoms with Crippen molar-refractivity contribution in [2.24, 2.45) is 0 Å². The van der Waals surface area contributed by atoms with Crippen LogP contribution in [0.3, 0.4) is 0 Å². The second kappa shape index (κ2) is 8.31. The first-order valence-electron chi connectivity index (χ1n) is 8.16. The normalized spacial score (nSPS) is 17.7. The summed E-state index contributed by atoms with van der Waals surface area (Å²) in [5.41, 5.74) is 0. The van der Waals surface area contributed by atoms with Gasteiger partial charge in [-0.3, -0.25) is 4.79 Å². The molecule has 1 aliphatic rings. The van der Waals surface area contributed by atoms with Gasteiger partial charge in [-0.25, -0.2) is 17.7 Å². The first-order chi connectivity index (χ1) is 11.3. The standard InChI is InChI=1S/C16H25N3O3S2/c1-12(16(20)18-13-7-5-4-6-8-13)23-15-10-9-14(11-17-15)24(21,22)19(2)3/h9-13H,4-8H2,1-3H3,(H,18,20)/t12-/m1/s1. The van der Waals surface area contributed by atoms with Crippen LogP contribution in [0, 0.1) is 0 Å². The predicted molar refractivity (Wildman–Crippen MR) is 95.4 cm³/mol. The van der Waals surface area contributed by atoms with E-state index in [0.29, 0.717) is 5.03 Å². The van der Waals surface area contributed by atoms with Crippen LogP contribution in [0.1, 0.15) is 39.0 Å². The Kier molecular flexibility index (Phi) is 6.65. The van der Waals surface area contributed by atoms with E-state index in [4.69, 9.17) is 0 Å². The number of nitrogens with zero attached hydrogens (tertiary/aromatic N) is 2. The Morgan fingerprint density at radius 3 is 2.50 bits per heavy atom. The lowest BCUT2D eigenvalue weighted by Gasteiger charge is -2.24. The minimum atomic E-state index is -3.48. The fraction of sp³-hybridized carbons (Fsp3) is 0.625. The molecule has 1 aliphatic carbocycles. The maximum Gasteiger partial charge on any atom is 0.244 e. The van der Waals surface area contributed by atoms with Gasteiger partial charge in [-0.1, -0.05) is 31.0 Å². The first kappa shape index (κ1) is 19.2. The van der Waals surface area contributed by atoms with Crippen molar-refractivity contribution in [3.8, 4) is 0 Å². The summed E-state index contributed by atoms with van der Waals surface area (Å²) in [5, 5.41) is 3.47. The number of carbonyl (C=O) groups is 1. The average Bonchev–Trinajstić information content (AvgIpc) is 2.56. The van der Waals surface area contributed by atoms with Gasteiger partial charge < -0.3 is 5.32 Å². The van der Waals surface area contributed by atoms with Crippen LogP contribution in [0.4, 0.5) is 0 Å². The Bertz CT molecular complexity index is 654. The fourth-order valence-electron chi connectivity index (χ4n) is 2.60. The van der Waals surface area contributed by atoms with Gasteiger partial charge >= 0.3 is 0 Å². The molecule has 1 heterocycles. The molecule has 134 valence electrons. The maximum atomic E-state index is 12.3. The lowest BCUT2D eigenvalue weighted by molar-refractivity contribution is -0.121. The zero-order chi connectivity index (χ0) is 17.7. The molecule has 1 aromatic rings. The molecule has 1 atom stereocenters. The summed E-state index contributed by atoms with van der Waals surface area (Å²) in [6, 6.07) is 3.46. The van der Waals surface area contributed by atoms with Gasteiger partial charge in [0.25, 0.3) is 0 Å². The third-order valence-electron chi connectivity index (χ3n) is 4.11. The summed E-state index contributed by atoms with van der Waals surface area (Å²) in [7, 11) is -0.512. The van der Waals surface area contributed by atoms with Crippen molar-refractivity contribution in [1.82, 2.24) is 14.6 Å². The van der Waals surface area contributed by atoms with Gasteiger partial charge in [-0.2, -0.15) is 0 Å². The molecule has 0 saturated heterocycles. The Morgan fingerprint density at radius 1 is 1.29 bits per heavy atom. The van der Waals surface area contributed by atoms with E-state index in [1.807, 2.05) is 6.92 Å². The number of rotatable bonds is 6. The third kappa shape index (κ3) is 4.94. The SMILES string of the molecule is C[C@@H](Sc1ccc(S(=O)(=O)N(C)C)cn1)C(=O)NC1CCCCC1. The largest absolute Gasteiger partial charge is 0.352 e. The van der Waals surface area contributed by atoms with Crippen molar-refractivity contribution in [3.05, 3.63) is 18.3 Å². The van der Waals surface area contributed by atoms with Crippen LogP contribution < -0.4 is 5.32 Å². The van der Waals surface area contributed by atoms with Gasteiger partial charge in [0, 0.05) is 26.3 Å². The molecule has 1 N–H and O–H groups in total. The number of hydrogen-bond donors (Lipinski definition) is 1. The summed E-state index contributed by atoms with van der Waals surface area (Å²) in [4.78, 5) is 16.6. The minimum absolute atomic E-state index is 0.0127. The fourth-order valence-corrected chi connectivity index (χ4v) is 4.24. The van der Waals surface area contributed by atoms with Crippen LogP contribution in [-0.2, 0) is 14.8 Å². The number of sulfonamides is 1. The molecule has 1 aromatic heterocycles. The molecule has 6 nitrogen and oxygen atoms in total. The van der Waals surface area contributed by atoms with E-state index in [1.165, 1.54) is 57.4 Å². The summed E-state index contributed by atoms with van der Waals surface area (Å²) < 4.78 is 25.2. The number of nitrogens with one attached hydrogen (secondary N) is 1. The van der Waals surface area contributed by atoms with E-state index in [-0.39, 0.29) is 22.1 Å². The van der Waals surface area contributed by atoms with Crippen molar-refractivity contribution in [1.29, 1.82) is 0 Å². The number of carbonyl (C=O) groups excluding carboxylic acids is 1. The molecular formula is C16H25N3O3S2. The van der Waals surface area contributed by atoms with Gasteiger partial charge in [-0.05, 0) is 31.9 Å². The van der Waals surface area contributed by atoms with Gasteiger partial charge in [0.2, 0.25) is 15.9 Å². The third-order valence-corrected chi connectivity index (χ3v) is 6.96. The highest BCUT2D eigenvalue weighted by molar-refractivity contribution is 8.00. The molecule has 2 rings (SSSR count).